The van der Waals surface area contributed by atoms with Crippen LogP contribution < -0.4 is 16.6 Å². The van der Waals surface area contributed by atoms with Gasteiger partial charge in [0.2, 0.25) is 5.95 Å². The lowest BCUT2D eigenvalue weighted by molar-refractivity contribution is -0.141. The Bertz CT molecular complexity index is 450. The molecule has 6 nitrogen and oxygen atoms in total. The van der Waals surface area contributed by atoms with Gasteiger partial charge in [0.1, 0.15) is 5.82 Å². The highest BCUT2D eigenvalue weighted by molar-refractivity contribution is 5.42. The minimum absolute atomic E-state index is 0.0512. The molecule has 1 heterocycles. The monoisotopic (exact) mass is 291 g/mol. The van der Waals surface area contributed by atoms with Crippen molar-refractivity contribution in [2.75, 3.05) is 30.5 Å². The van der Waals surface area contributed by atoms with Gasteiger partial charge in [0.05, 0.1) is 6.61 Å². The second-order valence-electron chi connectivity index (χ2n) is 4.55. The van der Waals surface area contributed by atoms with E-state index in [1.165, 1.54) is 12.8 Å². The summed E-state index contributed by atoms with van der Waals surface area (Å²) < 4.78 is 43.2. The molecule has 20 heavy (non-hydrogen) atoms. The van der Waals surface area contributed by atoms with E-state index in [9.17, 15) is 13.2 Å². The predicted octanol–water partition coefficient (Wildman–Crippen LogP) is 1.62. The number of anilines is 2. The number of alkyl halides is 3. The first kappa shape index (κ1) is 14.8. The molecule has 0 amide bonds. The summed E-state index contributed by atoms with van der Waals surface area (Å²) in [5, 5.41) is 2.75. The molecule has 1 aromatic heterocycles. The molecule has 0 atom stereocenters. The molecule has 1 aliphatic rings. The molecule has 0 unspecified atom stereocenters. The number of halogens is 3. The van der Waals surface area contributed by atoms with Crippen LogP contribution in [0.3, 0.4) is 0 Å². The number of rotatable bonds is 7. The van der Waals surface area contributed by atoms with Gasteiger partial charge in [-0.1, -0.05) is 0 Å². The van der Waals surface area contributed by atoms with Crippen LogP contribution in [0.15, 0.2) is 6.07 Å². The number of ether oxygens (including phenoxy) is 1. The van der Waals surface area contributed by atoms with Crippen molar-refractivity contribution in [2.24, 2.45) is 11.8 Å². The van der Waals surface area contributed by atoms with E-state index in [0.717, 1.165) is 6.07 Å². The molecule has 0 aromatic carbocycles. The van der Waals surface area contributed by atoms with E-state index in [0.29, 0.717) is 25.7 Å². The quantitative estimate of drug-likeness (QED) is 0.402. The van der Waals surface area contributed by atoms with Crippen LogP contribution >= 0.6 is 0 Å². The van der Waals surface area contributed by atoms with Crippen molar-refractivity contribution in [1.29, 1.82) is 0 Å². The molecule has 1 saturated carbocycles. The standard InChI is InChI=1S/C11H16F3N5O/c12-11(13,14)8-5-9(18-10(17-8)19-15)16-3-4-20-6-7-1-2-7/h5,7H,1-4,6,15H2,(H2,16,17,18,19). The normalized spacial score (nSPS) is 15.2. The number of hydrogen-bond donors (Lipinski definition) is 3. The molecular formula is C11H16F3N5O. The topological polar surface area (TPSA) is 85.1 Å². The second-order valence-corrected chi connectivity index (χ2v) is 4.55. The smallest absolute Gasteiger partial charge is 0.379 e. The molecule has 0 saturated heterocycles. The van der Waals surface area contributed by atoms with Gasteiger partial charge >= 0.3 is 6.18 Å². The van der Waals surface area contributed by atoms with Crippen molar-refractivity contribution < 1.29 is 17.9 Å². The van der Waals surface area contributed by atoms with E-state index in [4.69, 9.17) is 10.6 Å². The van der Waals surface area contributed by atoms with Gasteiger partial charge in [-0.3, -0.25) is 5.43 Å². The molecule has 1 aliphatic carbocycles. The van der Waals surface area contributed by atoms with Crippen LogP contribution in [0, 0.1) is 5.92 Å². The third-order valence-electron chi connectivity index (χ3n) is 2.75. The number of aromatic nitrogens is 2. The Morgan fingerprint density at radius 1 is 1.35 bits per heavy atom. The first-order chi connectivity index (χ1) is 9.49. The van der Waals surface area contributed by atoms with Gasteiger partial charge in [-0.2, -0.15) is 18.2 Å². The highest BCUT2D eigenvalue weighted by atomic mass is 19.4. The first-order valence-electron chi connectivity index (χ1n) is 6.23. The average Bonchev–Trinajstić information content (AvgIpc) is 3.21. The van der Waals surface area contributed by atoms with Crippen LogP contribution in [0.5, 0.6) is 0 Å². The van der Waals surface area contributed by atoms with Crippen LogP contribution in [0.25, 0.3) is 0 Å². The number of nitrogens with zero attached hydrogens (tertiary/aromatic N) is 2. The third kappa shape index (κ3) is 4.49. The zero-order valence-corrected chi connectivity index (χ0v) is 10.7. The summed E-state index contributed by atoms with van der Waals surface area (Å²) >= 11 is 0. The van der Waals surface area contributed by atoms with E-state index in [-0.39, 0.29) is 11.8 Å². The summed E-state index contributed by atoms with van der Waals surface area (Å²) in [7, 11) is 0. The zero-order valence-electron chi connectivity index (χ0n) is 10.7. The largest absolute Gasteiger partial charge is 0.433 e. The van der Waals surface area contributed by atoms with Gasteiger partial charge in [-0.25, -0.2) is 10.8 Å². The fraction of sp³-hybridized carbons (Fsp3) is 0.636. The summed E-state index contributed by atoms with van der Waals surface area (Å²) in [6, 6.07) is 0.835. The fourth-order valence-electron chi connectivity index (χ4n) is 1.53. The Hall–Kier alpha value is -1.61. The van der Waals surface area contributed by atoms with Gasteiger partial charge in [0, 0.05) is 19.2 Å². The average molecular weight is 291 g/mol. The lowest BCUT2D eigenvalue weighted by atomic mass is 10.4. The van der Waals surface area contributed by atoms with E-state index in [1.54, 1.807) is 0 Å². The van der Waals surface area contributed by atoms with Crippen LogP contribution in [0.4, 0.5) is 24.9 Å². The summed E-state index contributed by atoms with van der Waals surface area (Å²) in [6.07, 6.45) is -2.16. The molecule has 9 heteroatoms. The van der Waals surface area contributed by atoms with Crippen molar-refractivity contribution in [3.05, 3.63) is 11.8 Å². The number of nitrogen functional groups attached to an aromatic ring is 1. The van der Waals surface area contributed by atoms with Gasteiger partial charge in [-0.15, -0.1) is 0 Å². The molecule has 2 rings (SSSR count). The summed E-state index contributed by atoms with van der Waals surface area (Å²) in [5.41, 5.74) is 0.957. The summed E-state index contributed by atoms with van der Waals surface area (Å²) in [4.78, 5) is 7.05. The molecule has 0 bridgehead atoms. The van der Waals surface area contributed by atoms with Crippen LogP contribution in [0.1, 0.15) is 18.5 Å². The van der Waals surface area contributed by atoms with Gasteiger partial charge in [0.25, 0.3) is 0 Å². The molecule has 0 radical (unpaired) electrons. The number of nitrogens with two attached hydrogens (primary N) is 1. The third-order valence-corrected chi connectivity index (χ3v) is 2.75. The molecule has 1 fully saturated rings. The van der Waals surface area contributed by atoms with Crippen molar-refractivity contribution in [2.45, 2.75) is 19.0 Å². The van der Waals surface area contributed by atoms with E-state index in [1.807, 2.05) is 5.43 Å². The first-order valence-corrected chi connectivity index (χ1v) is 6.23. The second kappa shape index (κ2) is 6.23. The van der Waals surface area contributed by atoms with Crippen LogP contribution in [0.2, 0.25) is 0 Å². The Labute approximate surface area is 113 Å². The van der Waals surface area contributed by atoms with Crippen molar-refractivity contribution in [1.82, 2.24) is 9.97 Å². The Morgan fingerprint density at radius 2 is 2.10 bits per heavy atom. The highest BCUT2D eigenvalue weighted by Gasteiger charge is 2.33. The van der Waals surface area contributed by atoms with E-state index < -0.39 is 11.9 Å². The van der Waals surface area contributed by atoms with E-state index in [2.05, 4.69) is 15.3 Å². The Kier molecular flexibility index (Phi) is 4.61. The Morgan fingerprint density at radius 3 is 2.70 bits per heavy atom. The summed E-state index contributed by atoms with van der Waals surface area (Å²) in [5.74, 6) is 5.47. The van der Waals surface area contributed by atoms with Crippen molar-refractivity contribution in [3.63, 3.8) is 0 Å². The van der Waals surface area contributed by atoms with Crippen LogP contribution in [-0.4, -0.2) is 29.7 Å². The lowest BCUT2D eigenvalue weighted by Gasteiger charge is -2.11. The van der Waals surface area contributed by atoms with Gasteiger partial charge in [-0.05, 0) is 18.8 Å². The maximum absolute atomic E-state index is 12.6. The summed E-state index contributed by atoms with van der Waals surface area (Å²) in [6.45, 7) is 1.48. The van der Waals surface area contributed by atoms with Gasteiger partial charge < -0.3 is 10.1 Å². The van der Waals surface area contributed by atoms with Crippen LogP contribution in [-0.2, 0) is 10.9 Å². The molecule has 4 N–H and O–H groups in total. The molecule has 0 spiro atoms. The van der Waals surface area contributed by atoms with E-state index >= 15 is 0 Å². The number of hydrogen-bond acceptors (Lipinski definition) is 6. The molecular weight excluding hydrogens is 275 g/mol. The number of nitrogens with one attached hydrogen (secondary N) is 2. The Balaban J connectivity index is 1.88. The maximum atomic E-state index is 12.6. The molecule has 1 aromatic rings. The van der Waals surface area contributed by atoms with Gasteiger partial charge in [0.15, 0.2) is 5.69 Å². The lowest BCUT2D eigenvalue weighted by Crippen LogP contribution is -2.18. The number of hydrazine groups is 1. The molecule has 0 aliphatic heterocycles. The predicted molar refractivity (Wildman–Crippen MR) is 66.9 cm³/mol. The SMILES string of the molecule is NNc1nc(NCCOCC2CC2)cc(C(F)(F)F)n1. The molecule has 112 valence electrons. The minimum Gasteiger partial charge on any atom is -0.379 e. The van der Waals surface area contributed by atoms with Crippen molar-refractivity contribution >= 4 is 11.8 Å². The highest BCUT2D eigenvalue weighted by Crippen LogP contribution is 2.30. The van der Waals surface area contributed by atoms with Crippen molar-refractivity contribution in [3.8, 4) is 0 Å². The zero-order chi connectivity index (χ0) is 14.6. The minimum atomic E-state index is -4.55. The fourth-order valence-corrected chi connectivity index (χ4v) is 1.53. The maximum Gasteiger partial charge on any atom is 0.433 e.